The predicted octanol–water partition coefficient (Wildman–Crippen LogP) is 3.47. The molecule has 84 valence electrons. The third kappa shape index (κ3) is 3.27. The topological polar surface area (TPSA) is 20.2 Å². The molecular weight excluding hydrogens is 172 g/mol. The first kappa shape index (κ1) is 12.0. The van der Waals surface area contributed by atoms with Crippen LogP contribution >= 0.6 is 0 Å². The molecule has 0 aromatic rings. The zero-order valence-electron chi connectivity index (χ0n) is 10.2. The highest BCUT2D eigenvalue weighted by molar-refractivity contribution is 4.77. The maximum absolute atomic E-state index is 9.83. The van der Waals surface area contributed by atoms with E-state index in [1.807, 2.05) is 0 Å². The van der Waals surface area contributed by atoms with Crippen molar-refractivity contribution in [3.05, 3.63) is 0 Å². The average molecular weight is 198 g/mol. The standard InChI is InChI=1S/C13H26O/c1-9(2)13(14)8-12-6-5-10(3)11(4)7-12/h9-14H,5-8H2,1-4H3. The summed E-state index contributed by atoms with van der Waals surface area (Å²) in [7, 11) is 0. The molecule has 1 aliphatic carbocycles. The van der Waals surface area contributed by atoms with Crippen molar-refractivity contribution in [2.24, 2.45) is 23.7 Å². The quantitative estimate of drug-likeness (QED) is 0.736. The molecule has 14 heavy (non-hydrogen) atoms. The van der Waals surface area contributed by atoms with E-state index >= 15 is 0 Å². The Labute approximate surface area is 88.9 Å². The number of aliphatic hydroxyl groups is 1. The van der Waals surface area contributed by atoms with E-state index in [1.54, 1.807) is 0 Å². The van der Waals surface area contributed by atoms with Gasteiger partial charge in [-0.15, -0.1) is 0 Å². The van der Waals surface area contributed by atoms with Crippen LogP contribution in [0.2, 0.25) is 0 Å². The molecule has 0 bridgehead atoms. The van der Waals surface area contributed by atoms with Crippen LogP contribution in [0, 0.1) is 23.7 Å². The van der Waals surface area contributed by atoms with Gasteiger partial charge < -0.3 is 5.11 Å². The lowest BCUT2D eigenvalue weighted by Crippen LogP contribution is -2.26. The van der Waals surface area contributed by atoms with Gasteiger partial charge in [-0.3, -0.25) is 0 Å². The van der Waals surface area contributed by atoms with Gasteiger partial charge in [0.2, 0.25) is 0 Å². The van der Waals surface area contributed by atoms with Crippen LogP contribution in [0.15, 0.2) is 0 Å². The second-order valence-electron chi connectivity index (χ2n) is 5.68. The fraction of sp³-hybridized carbons (Fsp3) is 1.00. The van der Waals surface area contributed by atoms with Gasteiger partial charge in [-0.2, -0.15) is 0 Å². The summed E-state index contributed by atoms with van der Waals surface area (Å²) in [4.78, 5) is 0. The molecule has 0 amide bonds. The molecule has 1 fully saturated rings. The third-order valence-electron chi connectivity index (χ3n) is 4.05. The summed E-state index contributed by atoms with van der Waals surface area (Å²) in [5.74, 6) is 2.94. The molecule has 0 spiro atoms. The minimum atomic E-state index is -0.0828. The lowest BCUT2D eigenvalue weighted by Gasteiger charge is -2.33. The van der Waals surface area contributed by atoms with Gasteiger partial charge in [-0.05, 0) is 36.5 Å². The molecule has 1 rings (SSSR count). The van der Waals surface area contributed by atoms with Crippen molar-refractivity contribution in [2.75, 3.05) is 0 Å². The van der Waals surface area contributed by atoms with Gasteiger partial charge in [-0.25, -0.2) is 0 Å². The molecule has 0 aromatic carbocycles. The van der Waals surface area contributed by atoms with Crippen LogP contribution in [0.3, 0.4) is 0 Å². The highest BCUT2D eigenvalue weighted by Crippen LogP contribution is 2.36. The monoisotopic (exact) mass is 198 g/mol. The van der Waals surface area contributed by atoms with Gasteiger partial charge in [0, 0.05) is 0 Å². The molecule has 0 saturated heterocycles. The lowest BCUT2D eigenvalue weighted by molar-refractivity contribution is 0.0751. The smallest absolute Gasteiger partial charge is 0.0565 e. The Bertz CT molecular complexity index is 165. The molecular formula is C13H26O. The fourth-order valence-electron chi connectivity index (χ4n) is 2.49. The van der Waals surface area contributed by atoms with E-state index < -0.39 is 0 Å². The van der Waals surface area contributed by atoms with Crippen molar-refractivity contribution in [1.29, 1.82) is 0 Å². The SMILES string of the molecule is CC(C)C(O)CC1CCC(C)C(C)C1. The van der Waals surface area contributed by atoms with Crippen molar-refractivity contribution < 1.29 is 5.11 Å². The molecule has 1 heteroatoms. The van der Waals surface area contributed by atoms with E-state index in [4.69, 9.17) is 0 Å². The fourth-order valence-corrected chi connectivity index (χ4v) is 2.49. The molecule has 1 N–H and O–H groups in total. The zero-order chi connectivity index (χ0) is 10.7. The molecule has 1 aliphatic rings. The van der Waals surface area contributed by atoms with E-state index in [9.17, 15) is 5.11 Å². The summed E-state index contributed by atoms with van der Waals surface area (Å²) in [6.45, 7) is 8.94. The summed E-state index contributed by atoms with van der Waals surface area (Å²) in [5, 5.41) is 9.83. The zero-order valence-corrected chi connectivity index (χ0v) is 10.2. The lowest BCUT2D eigenvalue weighted by atomic mass is 9.73. The van der Waals surface area contributed by atoms with Crippen molar-refractivity contribution in [1.82, 2.24) is 0 Å². The molecule has 0 aromatic heterocycles. The van der Waals surface area contributed by atoms with Crippen molar-refractivity contribution in [2.45, 2.75) is 59.5 Å². The van der Waals surface area contributed by atoms with Crippen LogP contribution in [-0.2, 0) is 0 Å². The van der Waals surface area contributed by atoms with E-state index in [1.165, 1.54) is 19.3 Å². The van der Waals surface area contributed by atoms with E-state index in [-0.39, 0.29) is 6.10 Å². The summed E-state index contributed by atoms with van der Waals surface area (Å²) in [5.41, 5.74) is 0. The first-order chi connectivity index (χ1) is 6.50. The van der Waals surface area contributed by atoms with Crippen LogP contribution < -0.4 is 0 Å². The first-order valence-corrected chi connectivity index (χ1v) is 6.18. The molecule has 0 aliphatic heterocycles. The molecule has 1 saturated carbocycles. The van der Waals surface area contributed by atoms with Crippen LogP contribution in [0.1, 0.15) is 53.4 Å². The van der Waals surface area contributed by atoms with Crippen molar-refractivity contribution in [3.63, 3.8) is 0 Å². The van der Waals surface area contributed by atoms with Crippen LogP contribution in [0.5, 0.6) is 0 Å². The van der Waals surface area contributed by atoms with Gasteiger partial charge in [-0.1, -0.05) is 40.5 Å². The highest BCUT2D eigenvalue weighted by atomic mass is 16.3. The second kappa shape index (κ2) is 5.16. The maximum Gasteiger partial charge on any atom is 0.0565 e. The highest BCUT2D eigenvalue weighted by Gasteiger charge is 2.26. The molecule has 4 unspecified atom stereocenters. The summed E-state index contributed by atoms with van der Waals surface area (Å²) in [6.07, 6.45) is 4.95. The van der Waals surface area contributed by atoms with Crippen LogP contribution in [0.25, 0.3) is 0 Å². The Morgan fingerprint density at radius 2 is 1.79 bits per heavy atom. The minimum Gasteiger partial charge on any atom is -0.393 e. The largest absolute Gasteiger partial charge is 0.393 e. The Kier molecular flexibility index (Phi) is 4.43. The molecule has 0 heterocycles. The van der Waals surface area contributed by atoms with Crippen molar-refractivity contribution in [3.8, 4) is 0 Å². The number of hydrogen-bond donors (Lipinski definition) is 1. The van der Waals surface area contributed by atoms with E-state index in [2.05, 4.69) is 27.7 Å². The average Bonchev–Trinajstić information content (AvgIpc) is 2.11. The maximum atomic E-state index is 9.83. The van der Waals surface area contributed by atoms with E-state index in [0.717, 1.165) is 24.2 Å². The normalized spacial score (nSPS) is 36.0. The third-order valence-corrected chi connectivity index (χ3v) is 4.05. The molecule has 4 atom stereocenters. The Morgan fingerprint density at radius 3 is 2.29 bits per heavy atom. The Balaban J connectivity index is 2.33. The second-order valence-corrected chi connectivity index (χ2v) is 5.68. The van der Waals surface area contributed by atoms with Gasteiger partial charge >= 0.3 is 0 Å². The van der Waals surface area contributed by atoms with Crippen LogP contribution in [-0.4, -0.2) is 11.2 Å². The first-order valence-electron chi connectivity index (χ1n) is 6.18. The molecule has 0 radical (unpaired) electrons. The summed E-state index contributed by atoms with van der Waals surface area (Å²) in [6, 6.07) is 0. The number of hydrogen-bond acceptors (Lipinski definition) is 1. The van der Waals surface area contributed by atoms with E-state index in [0.29, 0.717) is 5.92 Å². The van der Waals surface area contributed by atoms with Gasteiger partial charge in [0.05, 0.1) is 6.10 Å². The summed E-state index contributed by atoms with van der Waals surface area (Å²) >= 11 is 0. The minimum absolute atomic E-state index is 0.0828. The Morgan fingerprint density at radius 1 is 1.14 bits per heavy atom. The summed E-state index contributed by atoms with van der Waals surface area (Å²) < 4.78 is 0. The van der Waals surface area contributed by atoms with Gasteiger partial charge in [0.15, 0.2) is 0 Å². The van der Waals surface area contributed by atoms with Crippen LogP contribution in [0.4, 0.5) is 0 Å². The number of aliphatic hydroxyl groups excluding tert-OH is 1. The van der Waals surface area contributed by atoms with Gasteiger partial charge in [0.1, 0.15) is 0 Å². The Hall–Kier alpha value is -0.0400. The predicted molar refractivity (Wildman–Crippen MR) is 61.1 cm³/mol. The molecule has 1 nitrogen and oxygen atoms in total. The van der Waals surface area contributed by atoms with Crippen molar-refractivity contribution >= 4 is 0 Å². The number of rotatable bonds is 3. The van der Waals surface area contributed by atoms with Gasteiger partial charge in [0.25, 0.3) is 0 Å².